The molecule has 2 aromatic rings. The van der Waals surface area contributed by atoms with Gasteiger partial charge in [-0.1, -0.05) is 30.3 Å². The molecule has 128 valence electrons. The summed E-state index contributed by atoms with van der Waals surface area (Å²) in [7, 11) is 0. The van der Waals surface area contributed by atoms with E-state index in [2.05, 4.69) is 5.32 Å². The third kappa shape index (κ3) is 4.03. The highest BCUT2D eigenvalue weighted by molar-refractivity contribution is 5.98. The number of carbonyl (C=O) groups is 3. The van der Waals surface area contributed by atoms with E-state index in [0.717, 1.165) is 5.56 Å². The second kappa shape index (κ2) is 7.17. The van der Waals surface area contributed by atoms with Crippen LogP contribution in [0.4, 0.5) is 5.69 Å². The minimum atomic E-state index is -0.518. The summed E-state index contributed by atoms with van der Waals surface area (Å²) in [5.74, 6) is -1.12. The molecule has 1 atom stereocenters. The van der Waals surface area contributed by atoms with Crippen LogP contribution in [0.5, 0.6) is 0 Å². The maximum Gasteiger partial charge on any atom is 0.248 e. The summed E-state index contributed by atoms with van der Waals surface area (Å²) < 4.78 is 0. The zero-order chi connectivity index (χ0) is 17.8. The molecule has 0 bridgehead atoms. The van der Waals surface area contributed by atoms with Crippen molar-refractivity contribution in [1.82, 2.24) is 4.90 Å². The number of hydrogen-bond donors (Lipinski definition) is 2. The smallest absolute Gasteiger partial charge is 0.248 e. The molecule has 1 unspecified atom stereocenters. The third-order valence-corrected chi connectivity index (χ3v) is 4.24. The van der Waals surface area contributed by atoms with Gasteiger partial charge >= 0.3 is 0 Å². The molecule has 3 N–H and O–H groups in total. The van der Waals surface area contributed by atoms with E-state index < -0.39 is 5.91 Å². The fraction of sp³-hybridized carbons (Fsp3) is 0.211. The van der Waals surface area contributed by atoms with Gasteiger partial charge in [0.15, 0.2) is 0 Å². The number of nitrogens with two attached hydrogens (primary N) is 1. The standard InChI is InChI=1S/C19H19N3O3/c20-18(24)14-6-8-16(9-7-14)21-19(25)15-10-17(23)22(12-15)11-13-4-2-1-3-5-13/h1-9,15H,10-12H2,(H2,20,24)(H,21,25). The van der Waals surface area contributed by atoms with Gasteiger partial charge in [-0.2, -0.15) is 0 Å². The number of anilines is 1. The molecule has 6 heteroatoms. The highest BCUT2D eigenvalue weighted by atomic mass is 16.2. The number of amides is 3. The van der Waals surface area contributed by atoms with Crippen molar-refractivity contribution >= 4 is 23.4 Å². The number of primary amides is 1. The second-order valence-electron chi connectivity index (χ2n) is 6.09. The molecule has 3 amide bonds. The largest absolute Gasteiger partial charge is 0.366 e. The highest BCUT2D eigenvalue weighted by Gasteiger charge is 2.34. The monoisotopic (exact) mass is 337 g/mol. The van der Waals surface area contributed by atoms with Crippen LogP contribution in [0.3, 0.4) is 0 Å². The molecule has 1 heterocycles. The number of rotatable bonds is 5. The van der Waals surface area contributed by atoms with Gasteiger partial charge in [0.05, 0.1) is 5.92 Å². The molecule has 1 aliphatic rings. The molecule has 2 aromatic carbocycles. The number of benzene rings is 2. The van der Waals surface area contributed by atoms with Crippen LogP contribution in [-0.4, -0.2) is 29.2 Å². The number of likely N-dealkylation sites (tertiary alicyclic amines) is 1. The Hall–Kier alpha value is -3.15. The summed E-state index contributed by atoms with van der Waals surface area (Å²) in [6.45, 7) is 0.912. The van der Waals surface area contributed by atoms with Gasteiger partial charge in [0.25, 0.3) is 0 Å². The number of carbonyl (C=O) groups excluding carboxylic acids is 3. The summed E-state index contributed by atoms with van der Waals surface area (Å²) in [6.07, 6.45) is 0.206. The molecule has 3 rings (SSSR count). The predicted octanol–water partition coefficient (Wildman–Crippen LogP) is 1.77. The maximum atomic E-state index is 12.4. The third-order valence-electron chi connectivity index (χ3n) is 4.24. The van der Waals surface area contributed by atoms with E-state index >= 15 is 0 Å². The number of hydrogen-bond acceptors (Lipinski definition) is 3. The first-order valence-corrected chi connectivity index (χ1v) is 8.05. The van der Waals surface area contributed by atoms with Crippen LogP contribution in [0.15, 0.2) is 54.6 Å². The van der Waals surface area contributed by atoms with E-state index in [1.165, 1.54) is 0 Å². The molecule has 1 aliphatic heterocycles. The summed E-state index contributed by atoms with van der Waals surface area (Å²) >= 11 is 0. The summed E-state index contributed by atoms with van der Waals surface area (Å²) in [6, 6.07) is 16.1. The first-order valence-electron chi connectivity index (χ1n) is 8.05. The Morgan fingerprint density at radius 1 is 1.08 bits per heavy atom. The summed E-state index contributed by atoms with van der Waals surface area (Å²) in [5.41, 5.74) is 7.18. The quantitative estimate of drug-likeness (QED) is 0.871. The van der Waals surface area contributed by atoms with Gasteiger partial charge in [-0.25, -0.2) is 0 Å². The predicted molar refractivity (Wildman–Crippen MR) is 93.6 cm³/mol. The molecule has 0 aliphatic carbocycles. The van der Waals surface area contributed by atoms with Crippen molar-refractivity contribution in [3.8, 4) is 0 Å². The van der Waals surface area contributed by atoms with E-state index in [1.807, 2.05) is 30.3 Å². The zero-order valence-corrected chi connectivity index (χ0v) is 13.6. The van der Waals surface area contributed by atoms with Crippen LogP contribution in [0.1, 0.15) is 22.3 Å². The van der Waals surface area contributed by atoms with Crippen molar-refractivity contribution in [3.63, 3.8) is 0 Å². The fourth-order valence-corrected chi connectivity index (χ4v) is 2.87. The van der Waals surface area contributed by atoms with Crippen molar-refractivity contribution in [3.05, 3.63) is 65.7 Å². The van der Waals surface area contributed by atoms with Gasteiger partial charge in [-0.3, -0.25) is 14.4 Å². The van der Waals surface area contributed by atoms with Crippen LogP contribution < -0.4 is 11.1 Å². The molecule has 0 saturated carbocycles. The van der Waals surface area contributed by atoms with E-state index in [9.17, 15) is 14.4 Å². The molecule has 25 heavy (non-hydrogen) atoms. The summed E-state index contributed by atoms with van der Waals surface area (Å²) in [5, 5.41) is 2.79. The summed E-state index contributed by atoms with van der Waals surface area (Å²) in [4.78, 5) is 37.3. The van der Waals surface area contributed by atoms with Gasteiger partial charge in [0.2, 0.25) is 17.7 Å². The van der Waals surface area contributed by atoms with E-state index in [0.29, 0.717) is 24.3 Å². The second-order valence-corrected chi connectivity index (χ2v) is 6.09. The maximum absolute atomic E-state index is 12.4. The van der Waals surface area contributed by atoms with Crippen molar-refractivity contribution < 1.29 is 14.4 Å². The first kappa shape index (κ1) is 16.7. The van der Waals surface area contributed by atoms with Gasteiger partial charge in [-0.15, -0.1) is 0 Å². The normalized spacial score (nSPS) is 16.7. The lowest BCUT2D eigenvalue weighted by molar-refractivity contribution is -0.128. The lowest BCUT2D eigenvalue weighted by atomic mass is 10.1. The molecule has 1 saturated heterocycles. The molecule has 0 radical (unpaired) electrons. The molecular weight excluding hydrogens is 318 g/mol. The molecule has 0 spiro atoms. The fourth-order valence-electron chi connectivity index (χ4n) is 2.87. The number of nitrogens with zero attached hydrogens (tertiary/aromatic N) is 1. The Kier molecular flexibility index (Phi) is 4.79. The lowest BCUT2D eigenvalue weighted by Crippen LogP contribution is -2.28. The van der Waals surface area contributed by atoms with Crippen LogP contribution >= 0.6 is 0 Å². The Morgan fingerprint density at radius 2 is 1.76 bits per heavy atom. The van der Waals surface area contributed by atoms with Gasteiger partial charge in [0, 0.05) is 30.8 Å². The SMILES string of the molecule is NC(=O)c1ccc(NC(=O)C2CC(=O)N(Cc3ccccc3)C2)cc1. The Balaban J connectivity index is 1.59. The first-order chi connectivity index (χ1) is 12.0. The van der Waals surface area contributed by atoms with Crippen molar-refractivity contribution in [2.75, 3.05) is 11.9 Å². The minimum absolute atomic E-state index is 0.0203. The Morgan fingerprint density at radius 3 is 2.40 bits per heavy atom. The lowest BCUT2D eigenvalue weighted by Gasteiger charge is -2.16. The van der Waals surface area contributed by atoms with Crippen LogP contribution in [0.2, 0.25) is 0 Å². The molecule has 0 aromatic heterocycles. The van der Waals surface area contributed by atoms with Crippen LogP contribution in [-0.2, 0) is 16.1 Å². The van der Waals surface area contributed by atoms with Crippen LogP contribution in [0, 0.1) is 5.92 Å². The average molecular weight is 337 g/mol. The Bertz CT molecular complexity index is 787. The topological polar surface area (TPSA) is 92.5 Å². The van der Waals surface area contributed by atoms with Crippen molar-refractivity contribution in [2.45, 2.75) is 13.0 Å². The highest BCUT2D eigenvalue weighted by Crippen LogP contribution is 2.22. The minimum Gasteiger partial charge on any atom is -0.366 e. The zero-order valence-electron chi connectivity index (χ0n) is 13.6. The molecule has 1 fully saturated rings. The van der Waals surface area contributed by atoms with Crippen molar-refractivity contribution in [1.29, 1.82) is 0 Å². The average Bonchev–Trinajstić information content (AvgIpc) is 2.97. The molecular formula is C19H19N3O3. The van der Waals surface area contributed by atoms with Gasteiger partial charge < -0.3 is 16.0 Å². The van der Waals surface area contributed by atoms with E-state index in [-0.39, 0.29) is 24.2 Å². The molecule has 6 nitrogen and oxygen atoms in total. The van der Waals surface area contributed by atoms with Gasteiger partial charge in [-0.05, 0) is 29.8 Å². The number of nitrogens with one attached hydrogen (secondary N) is 1. The van der Waals surface area contributed by atoms with Crippen molar-refractivity contribution in [2.24, 2.45) is 11.7 Å². The van der Waals surface area contributed by atoms with E-state index in [1.54, 1.807) is 29.2 Å². The van der Waals surface area contributed by atoms with Gasteiger partial charge in [0.1, 0.15) is 0 Å². The van der Waals surface area contributed by atoms with E-state index in [4.69, 9.17) is 5.73 Å². The Labute approximate surface area is 145 Å². The van der Waals surface area contributed by atoms with Crippen LogP contribution in [0.25, 0.3) is 0 Å².